The van der Waals surface area contributed by atoms with Gasteiger partial charge >= 0.3 is 5.97 Å². The Bertz CT molecular complexity index is 175. The minimum absolute atomic E-state index is 0.142. The lowest BCUT2D eigenvalue weighted by molar-refractivity contribution is -0.187. The maximum atomic E-state index is 11.1. The van der Waals surface area contributed by atoms with Gasteiger partial charge < -0.3 is 20.1 Å². The van der Waals surface area contributed by atoms with Crippen LogP contribution in [0.1, 0.15) is 20.8 Å². The first-order valence-electron chi connectivity index (χ1n) is 4.09. The van der Waals surface area contributed by atoms with Gasteiger partial charge in [0.05, 0.1) is 6.61 Å². The molecular weight excluding hydrogens is 176 g/mol. The van der Waals surface area contributed by atoms with E-state index in [4.69, 9.17) is 10.2 Å². The summed E-state index contributed by atoms with van der Waals surface area (Å²) in [4.78, 5) is 11.1. The second-order valence-corrected chi connectivity index (χ2v) is 3.07. The smallest absolute Gasteiger partial charge is 0.338 e. The number of hydrogen-bond acceptors (Lipinski definition) is 5. The Kier molecular flexibility index (Phi) is 4.32. The van der Waals surface area contributed by atoms with Crippen LogP contribution in [0, 0.1) is 5.92 Å². The van der Waals surface area contributed by atoms with E-state index in [0.717, 1.165) is 0 Å². The highest BCUT2D eigenvalue weighted by Crippen LogP contribution is 2.20. The summed E-state index contributed by atoms with van der Waals surface area (Å²) >= 11 is 0. The first kappa shape index (κ1) is 12.3. The van der Waals surface area contributed by atoms with Crippen LogP contribution in [-0.2, 0) is 9.53 Å². The maximum Gasteiger partial charge on any atom is 0.338 e. The third kappa shape index (κ3) is 2.95. The van der Waals surface area contributed by atoms with Gasteiger partial charge in [0, 0.05) is 5.92 Å². The van der Waals surface area contributed by atoms with E-state index < -0.39 is 23.8 Å². The van der Waals surface area contributed by atoms with Crippen molar-refractivity contribution < 1.29 is 24.9 Å². The van der Waals surface area contributed by atoms with E-state index >= 15 is 0 Å². The SMILES string of the molecule is CCOC(=O)C(C)(O)C(C)C(O)O. The highest BCUT2D eigenvalue weighted by Gasteiger charge is 2.41. The summed E-state index contributed by atoms with van der Waals surface area (Å²) in [6.45, 7) is 4.29. The number of ether oxygens (including phenoxy) is 1. The summed E-state index contributed by atoms with van der Waals surface area (Å²) < 4.78 is 4.57. The molecule has 5 heteroatoms. The van der Waals surface area contributed by atoms with Crippen molar-refractivity contribution in [1.82, 2.24) is 0 Å². The minimum atomic E-state index is -1.87. The van der Waals surface area contributed by atoms with Gasteiger partial charge in [-0.15, -0.1) is 0 Å². The molecule has 0 saturated heterocycles. The van der Waals surface area contributed by atoms with Crippen LogP contribution < -0.4 is 0 Å². The zero-order chi connectivity index (χ0) is 10.6. The van der Waals surface area contributed by atoms with Crippen LogP contribution in [0.25, 0.3) is 0 Å². The molecule has 0 heterocycles. The first-order valence-corrected chi connectivity index (χ1v) is 4.09. The molecule has 0 spiro atoms. The number of esters is 1. The third-order valence-corrected chi connectivity index (χ3v) is 2.02. The molecule has 2 unspecified atom stereocenters. The van der Waals surface area contributed by atoms with Crippen LogP contribution in [0.2, 0.25) is 0 Å². The van der Waals surface area contributed by atoms with Gasteiger partial charge in [-0.1, -0.05) is 6.92 Å². The van der Waals surface area contributed by atoms with Crippen molar-refractivity contribution in [1.29, 1.82) is 0 Å². The van der Waals surface area contributed by atoms with E-state index in [1.807, 2.05) is 0 Å². The van der Waals surface area contributed by atoms with Gasteiger partial charge in [0.2, 0.25) is 0 Å². The molecule has 0 saturated carbocycles. The molecular formula is C8H16O5. The van der Waals surface area contributed by atoms with Crippen molar-refractivity contribution in [3.05, 3.63) is 0 Å². The van der Waals surface area contributed by atoms with E-state index in [1.165, 1.54) is 13.8 Å². The van der Waals surface area contributed by atoms with Crippen LogP contribution in [0.3, 0.4) is 0 Å². The molecule has 3 N–H and O–H groups in total. The Hall–Kier alpha value is -0.650. The summed E-state index contributed by atoms with van der Waals surface area (Å²) in [5.41, 5.74) is -1.87. The molecule has 0 fully saturated rings. The number of rotatable bonds is 4. The standard InChI is InChI=1S/C8H16O5/c1-4-13-7(11)8(3,12)5(2)6(9)10/h5-6,9-10,12H,4H2,1-3H3. The predicted octanol–water partition coefficient (Wildman–Crippen LogP) is -0.753. The zero-order valence-corrected chi connectivity index (χ0v) is 8.02. The van der Waals surface area contributed by atoms with Gasteiger partial charge in [-0.2, -0.15) is 0 Å². The number of carbonyl (C=O) groups is 1. The van der Waals surface area contributed by atoms with Crippen molar-refractivity contribution in [3.8, 4) is 0 Å². The lowest BCUT2D eigenvalue weighted by Crippen LogP contribution is -2.47. The van der Waals surface area contributed by atoms with Gasteiger partial charge in [0.25, 0.3) is 0 Å². The van der Waals surface area contributed by atoms with Gasteiger partial charge in [-0.05, 0) is 13.8 Å². The molecule has 0 bridgehead atoms. The van der Waals surface area contributed by atoms with Gasteiger partial charge in [-0.25, -0.2) is 4.79 Å². The Morgan fingerprint density at radius 3 is 2.31 bits per heavy atom. The van der Waals surface area contributed by atoms with Crippen molar-refractivity contribution in [2.24, 2.45) is 5.92 Å². The molecule has 0 aliphatic heterocycles. The lowest BCUT2D eigenvalue weighted by atomic mass is 9.90. The van der Waals surface area contributed by atoms with E-state index in [1.54, 1.807) is 6.92 Å². The molecule has 0 amide bonds. The number of aliphatic hydroxyl groups excluding tert-OH is 1. The molecule has 0 aromatic carbocycles. The number of hydrogen-bond donors (Lipinski definition) is 3. The van der Waals surface area contributed by atoms with Crippen molar-refractivity contribution in [2.45, 2.75) is 32.7 Å². The number of carbonyl (C=O) groups excluding carboxylic acids is 1. The molecule has 0 aromatic heterocycles. The van der Waals surface area contributed by atoms with Crippen molar-refractivity contribution in [3.63, 3.8) is 0 Å². The fraction of sp³-hybridized carbons (Fsp3) is 0.875. The summed E-state index contributed by atoms with van der Waals surface area (Å²) in [7, 11) is 0. The highest BCUT2D eigenvalue weighted by atomic mass is 16.6. The summed E-state index contributed by atoms with van der Waals surface area (Å²) in [5.74, 6) is -1.85. The van der Waals surface area contributed by atoms with E-state index in [0.29, 0.717) is 0 Å². The van der Waals surface area contributed by atoms with Crippen LogP contribution in [0.15, 0.2) is 0 Å². The third-order valence-electron chi connectivity index (χ3n) is 2.02. The second-order valence-electron chi connectivity index (χ2n) is 3.07. The molecule has 13 heavy (non-hydrogen) atoms. The quantitative estimate of drug-likeness (QED) is 0.403. The molecule has 0 radical (unpaired) electrons. The largest absolute Gasteiger partial charge is 0.464 e. The van der Waals surface area contributed by atoms with Crippen LogP contribution >= 0.6 is 0 Å². The van der Waals surface area contributed by atoms with Gasteiger partial charge in [0.1, 0.15) is 0 Å². The molecule has 0 aliphatic rings. The first-order chi connectivity index (χ1) is 5.84. The summed E-state index contributed by atoms with van der Waals surface area (Å²) in [6.07, 6.45) is -1.75. The Morgan fingerprint density at radius 2 is 2.00 bits per heavy atom. The molecule has 0 aromatic rings. The fourth-order valence-corrected chi connectivity index (χ4v) is 0.753. The van der Waals surface area contributed by atoms with Crippen LogP contribution in [-0.4, -0.2) is 39.8 Å². The highest BCUT2D eigenvalue weighted by molar-refractivity contribution is 5.79. The number of aliphatic hydroxyl groups is 3. The van der Waals surface area contributed by atoms with Crippen LogP contribution in [0.5, 0.6) is 0 Å². The Morgan fingerprint density at radius 1 is 1.54 bits per heavy atom. The molecule has 0 aliphatic carbocycles. The fourth-order valence-electron chi connectivity index (χ4n) is 0.753. The van der Waals surface area contributed by atoms with Crippen molar-refractivity contribution >= 4 is 5.97 Å². The molecule has 78 valence electrons. The van der Waals surface area contributed by atoms with Crippen LogP contribution in [0.4, 0.5) is 0 Å². The average Bonchev–Trinajstić information content (AvgIpc) is 2.03. The maximum absolute atomic E-state index is 11.1. The monoisotopic (exact) mass is 192 g/mol. The van der Waals surface area contributed by atoms with E-state index in [-0.39, 0.29) is 6.61 Å². The Labute approximate surface area is 77.0 Å². The van der Waals surface area contributed by atoms with Gasteiger partial charge in [-0.3, -0.25) is 0 Å². The lowest BCUT2D eigenvalue weighted by Gasteiger charge is -2.28. The Balaban J connectivity index is 4.45. The molecule has 5 nitrogen and oxygen atoms in total. The second kappa shape index (κ2) is 4.55. The normalized spacial score (nSPS) is 18.1. The van der Waals surface area contributed by atoms with E-state index in [9.17, 15) is 9.90 Å². The minimum Gasteiger partial charge on any atom is -0.464 e. The average molecular weight is 192 g/mol. The summed E-state index contributed by atoms with van der Waals surface area (Å²) in [6, 6.07) is 0. The zero-order valence-electron chi connectivity index (χ0n) is 8.02. The van der Waals surface area contributed by atoms with Crippen molar-refractivity contribution in [2.75, 3.05) is 6.61 Å². The molecule has 2 atom stereocenters. The summed E-state index contributed by atoms with van der Waals surface area (Å²) in [5, 5.41) is 27.1. The van der Waals surface area contributed by atoms with E-state index in [2.05, 4.69) is 4.74 Å². The topological polar surface area (TPSA) is 87.0 Å². The predicted molar refractivity (Wildman–Crippen MR) is 44.6 cm³/mol. The molecule has 0 rings (SSSR count). The van der Waals surface area contributed by atoms with Gasteiger partial charge in [0.15, 0.2) is 11.9 Å².